The molecule has 1 aliphatic carbocycles. The number of benzene rings is 1. The molecule has 0 fully saturated rings. The number of allylic oxidation sites excluding steroid dienone is 3. The van der Waals surface area contributed by atoms with Crippen molar-refractivity contribution in [3.05, 3.63) is 58.2 Å². The summed E-state index contributed by atoms with van der Waals surface area (Å²) < 4.78 is 19.1. The number of hydrogen-bond donors (Lipinski definition) is 2. The van der Waals surface area contributed by atoms with Crippen molar-refractivity contribution in [2.75, 3.05) is 7.11 Å². The number of carbonyl (C=O) groups is 2. The molecule has 2 heterocycles. The van der Waals surface area contributed by atoms with Crippen LogP contribution >= 0.6 is 0 Å². The average molecular weight is 551 g/mol. The smallest absolute Gasteiger partial charge is 0.199 e. The standard InChI is InChI=1S/C33H42O7/c1-19(2)10-11-22-28-21(12-15-33(7,40-28)14-9-13-31(3,4)37)26(35)25-27(36)23-16-20(18-34)17-24(32(5,6)38-8)29(23)39-30(22)25/h9-10,12-13,15-16,18,20,24,29,35,37H,11,14,17H2,1-8H3/b13-9-. The fourth-order valence-electron chi connectivity index (χ4n) is 5.63. The first kappa shape index (κ1) is 29.8. The van der Waals surface area contributed by atoms with Crippen molar-refractivity contribution >= 4 is 18.1 Å². The number of aldehydes is 1. The van der Waals surface area contributed by atoms with Crippen LogP contribution in [0.2, 0.25) is 0 Å². The molecule has 216 valence electrons. The second-order valence-corrected chi connectivity index (χ2v) is 12.7. The fraction of sp³-hybridized carbons (Fsp3) is 0.515. The Morgan fingerprint density at radius 3 is 2.52 bits per heavy atom. The molecule has 0 aromatic heterocycles. The lowest BCUT2D eigenvalue weighted by Crippen LogP contribution is -2.50. The van der Waals surface area contributed by atoms with E-state index in [0.717, 1.165) is 11.9 Å². The summed E-state index contributed by atoms with van der Waals surface area (Å²) in [4.78, 5) is 25.9. The molecule has 1 aromatic carbocycles. The lowest BCUT2D eigenvalue weighted by Gasteiger charge is -2.45. The van der Waals surface area contributed by atoms with Gasteiger partial charge in [-0.25, -0.2) is 0 Å². The number of aromatic hydroxyl groups is 1. The highest BCUT2D eigenvalue weighted by atomic mass is 16.5. The second-order valence-electron chi connectivity index (χ2n) is 12.7. The van der Waals surface area contributed by atoms with Gasteiger partial charge in [-0.2, -0.15) is 0 Å². The van der Waals surface area contributed by atoms with Crippen LogP contribution in [-0.2, 0) is 16.0 Å². The van der Waals surface area contributed by atoms with Crippen LogP contribution < -0.4 is 9.47 Å². The van der Waals surface area contributed by atoms with Gasteiger partial charge in [-0.1, -0.05) is 29.9 Å². The van der Waals surface area contributed by atoms with Crippen LogP contribution in [0.5, 0.6) is 17.2 Å². The minimum atomic E-state index is -0.951. The van der Waals surface area contributed by atoms with Gasteiger partial charge in [0.1, 0.15) is 40.8 Å². The molecule has 0 saturated carbocycles. The third kappa shape index (κ3) is 5.68. The van der Waals surface area contributed by atoms with E-state index in [4.69, 9.17) is 14.2 Å². The lowest BCUT2D eigenvalue weighted by molar-refractivity contribution is -0.113. The minimum Gasteiger partial charge on any atom is -0.506 e. The van der Waals surface area contributed by atoms with Crippen LogP contribution in [0.4, 0.5) is 0 Å². The van der Waals surface area contributed by atoms with Crippen LogP contribution in [0.15, 0.2) is 41.5 Å². The van der Waals surface area contributed by atoms with Crippen LogP contribution in [0.3, 0.4) is 0 Å². The molecule has 0 amide bonds. The molecule has 4 unspecified atom stereocenters. The van der Waals surface area contributed by atoms with E-state index in [1.807, 2.05) is 52.8 Å². The van der Waals surface area contributed by atoms with Gasteiger partial charge in [0.2, 0.25) is 0 Å². The molecule has 3 aliphatic rings. The second kappa shape index (κ2) is 10.7. The molecule has 0 spiro atoms. The third-order valence-corrected chi connectivity index (χ3v) is 8.13. The maximum Gasteiger partial charge on any atom is 0.199 e. The Labute approximate surface area is 237 Å². The number of Topliss-reactive ketones (excluding diaryl/α,β-unsaturated/α-hetero) is 1. The number of ketones is 1. The Kier molecular flexibility index (Phi) is 7.96. The molecule has 7 nitrogen and oxygen atoms in total. The van der Waals surface area contributed by atoms with Crippen LogP contribution in [-0.4, -0.2) is 52.3 Å². The van der Waals surface area contributed by atoms with E-state index in [1.54, 1.807) is 39.2 Å². The summed E-state index contributed by atoms with van der Waals surface area (Å²) in [6.45, 7) is 13.2. The summed E-state index contributed by atoms with van der Waals surface area (Å²) in [6, 6.07) is 0. The van der Waals surface area contributed by atoms with Crippen molar-refractivity contribution < 1.29 is 34.0 Å². The molecule has 40 heavy (non-hydrogen) atoms. The summed E-state index contributed by atoms with van der Waals surface area (Å²) in [7, 11) is 1.61. The first-order valence-electron chi connectivity index (χ1n) is 13.9. The summed E-state index contributed by atoms with van der Waals surface area (Å²) in [5, 5.41) is 21.6. The maximum atomic E-state index is 14.1. The molecule has 4 rings (SSSR count). The van der Waals surface area contributed by atoms with Crippen LogP contribution in [0, 0.1) is 11.8 Å². The van der Waals surface area contributed by atoms with Gasteiger partial charge >= 0.3 is 0 Å². The minimum absolute atomic E-state index is 0.0951. The Bertz CT molecular complexity index is 1320. The zero-order valence-corrected chi connectivity index (χ0v) is 24.8. The molecule has 7 heteroatoms. The SMILES string of the molecule is COC(C)(C)C1CC(C=O)C=C2C(=O)c3c(O)c4c(c(CC=C(C)C)c3OC21)OC(C)(C/C=C\C(C)(C)O)C=C4. The summed E-state index contributed by atoms with van der Waals surface area (Å²) in [5.74, 6) is -0.491. The number of rotatable bonds is 8. The van der Waals surface area contributed by atoms with E-state index < -0.39 is 28.8 Å². The number of fused-ring (bicyclic) bond motifs is 3. The quantitative estimate of drug-likeness (QED) is 0.306. The van der Waals surface area contributed by atoms with Gasteiger partial charge in [0, 0.05) is 36.5 Å². The lowest BCUT2D eigenvalue weighted by atomic mass is 9.70. The fourth-order valence-corrected chi connectivity index (χ4v) is 5.63. The summed E-state index contributed by atoms with van der Waals surface area (Å²) >= 11 is 0. The average Bonchev–Trinajstić information content (AvgIpc) is 2.86. The predicted octanol–water partition coefficient (Wildman–Crippen LogP) is 5.91. The monoisotopic (exact) mass is 550 g/mol. The molecule has 0 radical (unpaired) electrons. The first-order valence-corrected chi connectivity index (χ1v) is 13.9. The van der Waals surface area contributed by atoms with Gasteiger partial charge in [0.25, 0.3) is 0 Å². The summed E-state index contributed by atoms with van der Waals surface area (Å²) in [6.07, 6.45) is 12.6. The maximum absolute atomic E-state index is 14.1. The van der Waals surface area contributed by atoms with Crippen molar-refractivity contribution in [1.29, 1.82) is 0 Å². The zero-order chi connectivity index (χ0) is 29.6. The Morgan fingerprint density at radius 2 is 1.93 bits per heavy atom. The van der Waals surface area contributed by atoms with Gasteiger partial charge in [0.05, 0.1) is 16.8 Å². The highest BCUT2D eigenvalue weighted by Gasteiger charge is 2.49. The van der Waals surface area contributed by atoms with Crippen LogP contribution in [0.1, 0.15) is 82.8 Å². The Hall–Kier alpha value is -3.16. The van der Waals surface area contributed by atoms with Gasteiger partial charge in [-0.3, -0.25) is 4.79 Å². The van der Waals surface area contributed by atoms with E-state index >= 15 is 0 Å². The van der Waals surface area contributed by atoms with E-state index in [2.05, 4.69) is 0 Å². The largest absolute Gasteiger partial charge is 0.506 e. The van der Waals surface area contributed by atoms with E-state index in [0.29, 0.717) is 47.5 Å². The Balaban J connectivity index is 1.89. The van der Waals surface area contributed by atoms with Gasteiger partial charge in [-0.15, -0.1) is 0 Å². The summed E-state index contributed by atoms with van der Waals surface area (Å²) in [5.41, 5.74) is 0.288. The number of phenols is 1. The molecule has 2 aliphatic heterocycles. The number of ether oxygens (including phenoxy) is 3. The Morgan fingerprint density at radius 1 is 1.23 bits per heavy atom. The van der Waals surface area contributed by atoms with Crippen molar-refractivity contribution in [2.24, 2.45) is 11.8 Å². The number of carbonyl (C=O) groups excluding carboxylic acids is 2. The topological polar surface area (TPSA) is 102 Å². The highest BCUT2D eigenvalue weighted by molar-refractivity contribution is 6.15. The van der Waals surface area contributed by atoms with Gasteiger partial charge < -0.3 is 29.2 Å². The number of hydrogen-bond acceptors (Lipinski definition) is 7. The van der Waals surface area contributed by atoms with Gasteiger partial charge in [0.15, 0.2) is 5.78 Å². The van der Waals surface area contributed by atoms with Crippen molar-refractivity contribution in [2.45, 2.75) is 90.6 Å². The zero-order valence-electron chi connectivity index (χ0n) is 24.8. The number of aliphatic hydroxyl groups is 1. The molecular weight excluding hydrogens is 508 g/mol. The predicted molar refractivity (Wildman–Crippen MR) is 155 cm³/mol. The normalized spacial score (nSPS) is 25.8. The van der Waals surface area contributed by atoms with Gasteiger partial charge in [-0.05, 0) is 73.5 Å². The molecule has 4 atom stereocenters. The highest BCUT2D eigenvalue weighted by Crippen LogP contribution is 2.53. The molecule has 0 bridgehead atoms. The molecular formula is C33H42O7. The van der Waals surface area contributed by atoms with Crippen molar-refractivity contribution in [3.63, 3.8) is 0 Å². The van der Waals surface area contributed by atoms with Crippen LogP contribution in [0.25, 0.3) is 6.08 Å². The third-order valence-electron chi connectivity index (χ3n) is 8.13. The van der Waals surface area contributed by atoms with E-state index in [-0.39, 0.29) is 23.0 Å². The first-order chi connectivity index (χ1) is 18.6. The molecule has 0 saturated heterocycles. The van der Waals surface area contributed by atoms with Crippen molar-refractivity contribution in [1.82, 2.24) is 0 Å². The van der Waals surface area contributed by atoms with E-state index in [9.17, 15) is 19.8 Å². The number of methoxy groups -OCH3 is 1. The van der Waals surface area contributed by atoms with E-state index in [1.165, 1.54) is 0 Å². The number of phenolic OH excluding ortho intramolecular Hbond substituents is 1. The van der Waals surface area contributed by atoms with Crippen molar-refractivity contribution in [3.8, 4) is 17.2 Å². The molecule has 1 aromatic rings. The molecule has 2 N–H and O–H groups in total.